The Balaban J connectivity index is 2.06. The molecule has 1 heterocycles. The van der Waals surface area contributed by atoms with Gasteiger partial charge in [-0.15, -0.1) is 10.2 Å². The normalized spacial score (nSPS) is 10.7. The van der Waals surface area contributed by atoms with Crippen molar-refractivity contribution < 1.29 is 9.53 Å². The first kappa shape index (κ1) is 16.0. The van der Waals surface area contributed by atoms with E-state index in [1.807, 2.05) is 13.8 Å². The molecule has 0 bridgehead atoms. The molecule has 0 aliphatic carbocycles. The first-order valence-electron chi connectivity index (χ1n) is 6.18. The average molecular weight is 346 g/mol. The number of nitrogens with zero attached hydrogens (tertiary/aromatic N) is 2. The molecule has 2 aromatic rings. The number of carbonyl (C=O) groups is 1. The van der Waals surface area contributed by atoms with Crippen LogP contribution in [-0.4, -0.2) is 22.9 Å². The van der Waals surface area contributed by atoms with Crippen LogP contribution < -0.4 is 5.32 Å². The van der Waals surface area contributed by atoms with E-state index >= 15 is 0 Å². The molecule has 0 radical (unpaired) electrons. The SMILES string of the molecule is CC(C)COC(=O)Nc1nnc(-c2ccc(Cl)cc2Cl)s1. The second-order valence-electron chi connectivity index (χ2n) is 4.65. The van der Waals surface area contributed by atoms with Crippen LogP contribution in [0.2, 0.25) is 10.0 Å². The lowest BCUT2D eigenvalue weighted by Gasteiger charge is -2.06. The van der Waals surface area contributed by atoms with Crippen LogP contribution in [-0.2, 0) is 4.74 Å². The van der Waals surface area contributed by atoms with E-state index in [0.29, 0.717) is 32.4 Å². The van der Waals surface area contributed by atoms with Crippen molar-refractivity contribution in [2.45, 2.75) is 13.8 Å². The summed E-state index contributed by atoms with van der Waals surface area (Å²) in [7, 11) is 0. The number of hydrogen-bond donors (Lipinski definition) is 1. The van der Waals surface area contributed by atoms with Crippen LogP contribution in [0.25, 0.3) is 10.6 Å². The maximum Gasteiger partial charge on any atom is 0.413 e. The second kappa shape index (κ2) is 7.06. The summed E-state index contributed by atoms with van der Waals surface area (Å²) in [6, 6.07) is 5.10. The fraction of sp³-hybridized carbons (Fsp3) is 0.308. The van der Waals surface area contributed by atoms with Gasteiger partial charge in [0.15, 0.2) is 5.01 Å². The molecular formula is C13H13Cl2N3O2S. The minimum absolute atomic E-state index is 0.272. The fourth-order valence-electron chi connectivity index (χ4n) is 1.41. The molecular weight excluding hydrogens is 333 g/mol. The highest BCUT2D eigenvalue weighted by molar-refractivity contribution is 7.18. The number of ether oxygens (including phenoxy) is 1. The molecule has 2 rings (SSSR count). The number of rotatable bonds is 4. The van der Waals surface area contributed by atoms with Crippen molar-refractivity contribution in [3.8, 4) is 10.6 Å². The van der Waals surface area contributed by atoms with E-state index in [1.54, 1.807) is 18.2 Å². The van der Waals surface area contributed by atoms with Gasteiger partial charge >= 0.3 is 6.09 Å². The Morgan fingerprint density at radius 1 is 1.38 bits per heavy atom. The highest BCUT2D eigenvalue weighted by Crippen LogP contribution is 2.33. The Morgan fingerprint density at radius 2 is 2.14 bits per heavy atom. The summed E-state index contributed by atoms with van der Waals surface area (Å²) in [4.78, 5) is 11.5. The monoisotopic (exact) mass is 345 g/mol. The third-order valence-corrected chi connectivity index (χ3v) is 3.76. The van der Waals surface area contributed by atoms with Crippen LogP contribution in [0.15, 0.2) is 18.2 Å². The molecule has 1 aromatic heterocycles. The number of benzene rings is 1. The average Bonchev–Trinajstić information content (AvgIpc) is 2.84. The summed E-state index contributed by atoms with van der Waals surface area (Å²) < 4.78 is 5.01. The van der Waals surface area contributed by atoms with E-state index in [0.717, 1.165) is 0 Å². The van der Waals surface area contributed by atoms with E-state index < -0.39 is 6.09 Å². The van der Waals surface area contributed by atoms with Crippen molar-refractivity contribution in [2.75, 3.05) is 11.9 Å². The molecule has 5 nitrogen and oxygen atoms in total. The second-order valence-corrected chi connectivity index (χ2v) is 6.48. The number of carbonyl (C=O) groups excluding carboxylic acids is 1. The molecule has 1 N–H and O–H groups in total. The van der Waals surface area contributed by atoms with Crippen LogP contribution in [0.4, 0.5) is 9.93 Å². The summed E-state index contributed by atoms with van der Waals surface area (Å²) in [5, 5.41) is 12.4. The third-order valence-electron chi connectivity index (χ3n) is 2.34. The minimum Gasteiger partial charge on any atom is -0.449 e. The van der Waals surface area contributed by atoms with Gasteiger partial charge < -0.3 is 4.74 Å². The molecule has 1 aromatic carbocycles. The molecule has 112 valence electrons. The van der Waals surface area contributed by atoms with Gasteiger partial charge in [0.2, 0.25) is 5.13 Å². The number of amides is 1. The van der Waals surface area contributed by atoms with Crippen LogP contribution in [0.5, 0.6) is 0 Å². The van der Waals surface area contributed by atoms with Gasteiger partial charge in [-0.25, -0.2) is 4.79 Å². The first-order chi connectivity index (χ1) is 9.95. The predicted octanol–water partition coefficient (Wildman–Crippen LogP) is 4.72. The highest BCUT2D eigenvalue weighted by atomic mass is 35.5. The van der Waals surface area contributed by atoms with Gasteiger partial charge in [-0.3, -0.25) is 5.32 Å². The fourth-order valence-corrected chi connectivity index (χ4v) is 2.73. The Hall–Kier alpha value is -1.37. The standard InChI is InChI=1S/C13H13Cl2N3O2S/c1-7(2)6-20-13(19)16-12-18-17-11(21-12)9-4-3-8(14)5-10(9)15/h3-5,7H,6H2,1-2H3,(H,16,18,19). The summed E-state index contributed by atoms with van der Waals surface area (Å²) in [5.41, 5.74) is 0.710. The van der Waals surface area contributed by atoms with Crippen molar-refractivity contribution in [3.05, 3.63) is 28.2 Å². The van der Waals surface area contributed by atoms with Crippen molar-refractivity contribution in [3.63, 3.8) is 0 Å². The Kier molecular flexibility index (Phi) is 5.39. The topological polar surface area (TPSA) is 64.1 Å². The number of nitrogens with one attached hydrogen (secondary N) is 1. The van der Waals surface area contributed by atoms with Crippen molar-refractivity contribution in [1.82, 2.24) is 10.2 Å². The van der Waals surface area contributed by atoms with Gasteiger partial charge in [-0.2, -0.15) is 0 Å². The molecule has 8 heteroatoms. The lowest BCUT2D eigenvalue weighted by atomic mass is 10.2. The summed E-state index contributed by atoms with van der Waals surface area (Å²) in [6.07, 6.45) is -0.548. The molecule has 0 unspecified atom stereocenters. The Bertz CT molecular complexity index is 646. The molecule has 0 aliphatic heterocycles. The molecule has 0 saturated carbocycles. The predicted molar refractivity (Wildman–Crippen MR) is 85.2 cm³/mol. The Labute approximate surface area is 136 Å². The van der Waals surface area contributed by atoms with Gasteiger partial charge in [0, 0.05) is 10.6 Å². The van der Waals surface area contributed by atoms with E-state index in [9.17, 15) is 4.79 Å². The van der Waals surface area contributed by atoms with E-state index in [-0.39, 0.29) is 5.92 Å². The van der Waals surface area contributed by atoms with Crippen LogP contribution in [0, 0.1) is 5.92 Å². The van der Waals surface area contributed by atoms with Gasteiger partial charge in [0.1, 0.15) is 0 Å². The van der Waals surface area contributed by atoms with Crippen LogP contribution >= 0.6 is 34.5 Å². The lowest BCUT2D eigenvalue weighted by molar-refractivity contribution is 0.147. The highest BCUT2D eigenvalue weighted by Gasteiger charge is 2.13. The van der Waals surface area contributed by atoms with Crippen molar-refractivity contribution in [1.29, 1.82) is 0 Å². The zero-order valence-corrected chi connectivity index (χ0v) is 13.7. The van der Waals surface area contributed by atoms with E-state index in [4.69, 9.17) is 27.9 Å². The molecule has 0 atom stereocenters. The maximum atomic E-state index is 11.5. The van der Waals surface area contributed by atoms with Crippen molar-refractivity contribution in [2.24, 2.45) is 5.92 Å². The molecule has 0 spiro atoms. The smallest absolute Gasteiger partial charge is 0.413 e. The molecule has 0 fully saturated rings. The van der Waals surface area contributed by atoms with Gasteiger partial charge in [0.25, 0.3) is 0 Å². The van der Waals surface area contributed by atoms with Crippen LogP contribution in [0.1, 0.15) is 13.8 Å². The zero-order valence-electron chi connectivity index (χ0n) is 11.4. The molecule has 1 amide bonds. The number of aromatic nitrogens is 2. The van der Waals surface area contributed by atoms with Crippen molar-refractivity contribution >= 4 is 45.8 Å². The molecule has 21 heavy (non-hydrogen) atoms. The lowest BCUT2D eigenvalue weighted by Crippen LogP contribution is -2.16. The number of halogens is 2. The van der Waals surface area contributed by atoms with E-state index in [2.05, 4.69) is 15.5 Å². The minimum atomic E-state index is -0.548. The first-order valence-corrected chi connectivity index (χ1v) is 7.75. The summed E-state index contributed by atoms with van der Waals surface area (Å²) in [6.45, 7) is 4.26. The Morgan fingerprint density at radius 3 is 2.81 bits per heavy atom. The molecule has 0 aliphatic rings. The molecule has 0 saturated heterocycles. The third kappa shape index (κ3) is 4.56. The van der Waals surface area contributed by atoms with Crippen LogP contribution in [0.3, 0.4) is 0 Å². The number of hydrogen-bond acceptors (Lipinski definition) is 5. The van der Waals surface area contributed by atoms with Gasteiger partial charge in [0.05, 0.1) is 11.6 Å². The quantitative estimate of drug-likeness (QED) is 0.870. The summed E-state index contributed by atoms with van der Waals surface area (Å²) in [5.74, 6) is 0.272. The maximum absolute atomic E-state index is 11.5. The van der Waals surface area contributed by atoms with E-state index in [1.165, 1.54) is 11.3 Å². The number of anilines is 1. The van der Waals surface area contributed by atoms with Gasteiger partial charge in [-0.1, -0.05) is 48.4 Å². The summed E-state index contributed by atoms with van der Waals surface area (Å²) >= 11 is 13.2. The largest absolute Gasteiger partial charge is 0.449 e. The zero-order chi connectivity index (χ0) is 15.4. The van der Waals surface area contributed by atoms with Gasteiger partial charge in [-0.05, 0) is 24.1 Å².